The Morgan fingerprint density at radius 2 is 1.94 bits per heavy atom. The van der Waals surface area contributed by atoms with E-state index < -0.39 is 6.61 Å². The average molecular weight is 243 g/mol. The van der Waals surface area contributed by atoms with Crippen molar-refractivity contribution in [1.82, 2.24) is 0 Å². The van der Waals surface area contributed by atoms with Crippen LogP contribution in [-0.2, 0) is 0 Å². The highest BCUT2D eigenvalue weighted by molar-refractivity contribution is 5.47. The molecule has 0 radical (unpaired) electrons. The smallest absolute Gasteiger partial charge is 0.387 e. The second-order valence-electron chi connectivity index (χ2n) is 4.15. The lowest BCUT2D eigenvalue weighted by molar-refractivity contribution is -0.0498. The van der Waals surface area contributed by atoms with Crippen molar-refractivity contribution in [2.24, 2.45) is 0 Å². The van der Waals surface area contributed by atoms with E-state index in [-0.39, 0.29) is 17.9 Å². The molecule has 0 spiro atoms. The number of alkyl halides is 2. The van der Waals surface area contributed by atoms with E-state index in [1.54, 1.807) is 12.1 Å². The third-order valence-corrected chi connectivity index (χ3v) is 2.91. The molecule has 0 heterocycles. The summed E-state index contributed by atoms with van der Waals surface area (Å²) in [5.74, 6) is 0.137. The van der Waals surface area contributed by atoms with Crippen LogP contribution in [0.2, 0.25) is 0 Å². The van der Waals surface area contributed by atoms with E-state index in [4.69, 9.17) is 0 Å². The van der Waals surface area contributed by atoms with Crippen molar-refractivity contribution >= 4 is 5.69 Å². The molecule has 0 amide bonds. The molecular weight excluding hydrogens is 228 g/mol. The highest BCUT2D eigenvalue weighted by atomic mass is 19.3. The third kappa shape index (κ3) is 3.30. The molecule has 1 fully saturated rings. The molecule has 1 aromatic carbocycles. The van der Waals surface area contributed by atoms with Gasteiger partial charge in [0.2, 0.25) is 0 Å². The first-order valence-electron chi connectivity index (χ1n) is 5.64. The topological polar surface area (TPSA) is 41.5 Å². The maximum atomic E-state index is 11.9. The largest absolute Gasteiger partial charge is 0.435 e. The van der Waals surface area contributed by atoms with Crippen molar-refractivity contribution in [3.8, 4) is 5.75 Å². The summed E-state index contributed by atoms with van der Waals surface area (Å²) >= 11 is 0. The van der Waals surface area contributed by atoms with Crippen molar-refractivity contribution < 1.29 is 18.6 Å². The van der Waals surface area contributed by atoms with E-state index in [1.165, 1.54) is 12.1 Å². The van der Waals surface area contributed by atoms with Gasteiger partial charge in [-0.15, -0.1) is 0 Å². The van der Waals surface area contributed by atoms with Crippen LogP contribution in [0.15, 0.2) is 24.3 Å². The van der Waals surface area contributed by atoms with Crippen LogP contribution in [0.25, 0.3) is 0 Å². The molecule has 3 nitrogen and oxygen atoms in total. The summed E-state index contributed by atoms with van der Waals surface area (Å²) in [4.78, 5) is 0. The molecule has 2 rings (SSSR count). The normalized spacial score (nSPS) is 24.0. The molecule has 0 bridgehead atoms. The van der Waals surface area contributed by atoms with Crippen molar-refractivity contribution in [2.45, 2.75) is 38.0 Å². The number of rotatable bonds is 4. The van der Waals surface area contributed by atoms with Crippen LogP contribution in [0, 0.1) is 0 Å². The highest BCUT2D eigenvalue weighted by Gasteiger charge is 2.24. The van der Waals surface area contributed by atoms with Gasteiger partial charge in [0, 0.05) is 5.69 Å². The first-order chi connectivity index (χ1) is 8.15. The molecule has 0 saturated heterocycles. The highest BCUT2D eigenvalue weighted by Crippen LogP contribution is 2.24. The number of anilines is 1. The Morgan fingerprint density at radius 3 is 2.47 bits per heavy atom. The van der Waals surface area contributed by atoms with Gasteiger partial charge < -0.3 is 15.2 Å². The van der Waals surface area contributed by atoms with E-state index in [2.05, 4.69) is 10.1 Å². The number of halogens is 2. The molecule has 1 saturated carbocycles. The summed E-state index contributed by atoms with van der Waals surface area (Å²) in [6, 6.07) is 6.36. The van der Waals surface area contributed by atoms with E-state index in [0.29, 0.717) is 0 Å². The molecule has 1 aromatic rings. The number of aliphatic hydroxyl groups is 1. The fourth-order valence-electron chi connectivity index (χ4n) is 2.06. The maximum absolute atomic E-state index is 11.9. The first kappa shape index (κ1) is 12.1. The minimum Gasteiger partial charge on any atom is -0.435 e. The van der Waals surface area contributed by atoms with Crippen LogP contribution in [0.4, 0.5) is 14.5 Å². The number of nitrogens with one attached hydrogen (secondary N) is 1. The predicted octanol–water partition coefficient (Wildman–Crippen LogP) is 2.61. The SMILES string of the molecule is O[C@H]1CCC[C@@H]1Nc1ccc(OC(F)F)cc1. The molecule has 17 heavy (non-hydrogen) atoms. The summed E-state index contributed by atoms with van der Waals surface area (Å²) in [6.07, 6.45) is 2.42. The Balaban J connectivity index is 1.93. The number of ether oxygens (including phenoxy) is 1. The van der Waals surface area contributed by atoms with E-state index in [9.17, 15) is 13.9 Å². The van der Waals surface area contributed by atoms with Crippen molar-refractivity contribution in [3.63, 3.8) is 0 Å². The zero-order valence-electron chi connectivity index (χ0n) is 9.27. The number of aliphatic hydroxyl groups excluding tert-OH is 1. The van der Waals surface area contributed by atoms with Crippen LogP contribution in [0.1, 0.15) is 19.3 Å². The van der Waals surface area contributed by atoms with Crippen LogP contribution in [0.3, 0.4) is 0 Å². The van der Waals surface area contributed by atoms with Gasteiger partial charge in [-0.2, -0.15) is 8.78 Å². The number of hydrogen-bond acceptors (Lipinski definition) is 3. The average Bonchev–Trinajstić information content (AvgIpc) is 2.67. The third-order valence-electron chi connectivity index (χ3n) is 2.91. The van der Waals surface area contributed by atoms with Gasteiger partial charge in [0.1, 0.15) is 5.75 Å². The fourth-order valence-corrected chi connectivity index (χ4v) is 2.06. The van der Waals surface area contributed by atoms with Crippen molar-refractivity contribution in [3.05, 3.63) is 24.3 Å². The maximum Gasteiger partial charge on any atom is 0.387 e. The number of hydrogen-bond donors (Lipinski definition) is 2. The molecule has 2 N–H and O–H groups in total. The second-order valence-corrected chi connectivity index (χ2v) is 4.15. The van der Waals surface area contributed by atoms with Gasteiger partial charge in [-0.25, -0.2) is 0 Å². The molecule has 0 aromatic heterocycles. The van der Waals surface area contributed by atoms with E-state index >= 15 is 0 Å². The van der Waals surface area contributed by atoms with Gasteiger partial charge in [-0.05, 0) is 43.5 Å². The molecule has 94 valence electrons. The molecule has 5 heteroatoms. The van der Waals surface area contributed by atoms with Gasteiger partial charge in [0.05, 0.1) is 12.1 Å². The molecule has 0 aliphatic heterocycles. The lowest BCUT2D eigenvalue weighted by Gasteiger charge is -2.17. The Labute approximate surface area is 98.4 Å². The van der Waals surface area contributed by atoms with Gasteiger partial charge in [-0.3, -0.25) is 0 Å². The first-order valence-corrected chi connectivity index (χ1v) is 5.64. The monoisotopic (exact) mass is 243 g/mol. The Kier molecular flexibility index (Phi) is 3.78. The summed E-state index contributed by atoms with van der Waals surface area (Å²) in [5, 5.41) is 12.8. The minimum absolute atomic E-state index is 0.0527. The summed E-state index contributed by atoms with van der Waals surface area (Å²) in [5.41, 5.74) is 0.803. The van der Waals surface area contributed by atoms with Gasteiger partial charge in [-0.1, -0.05) is 0 Å². The fraction of sp³-hybridized carbons (Fsp3) is 0.500. The summed E-state index contributed by atoms with van der Waals surface area (Å²) in [7, 11) is 0. The molecule has 1 aliphatic carbocycles. The van der Waals surface area contributed by atoms with Gasteiger partial charge >= 0.3 is 6.61 Å². The Bertz CT molecular complexity index is 356. The Hall–Kier alpha value is -1.36. The summed E-state index contributed by atoms with van der Waals surface area (Å²) < 4.78 is 28.1. The predicted molar refractivity (Wildman–Crippen MR) is 60.3 cm³/mol. The zero-order chi connectivity index (χ0) is 12.3. The molecule has 0 unspecified atom stereocenters. The minimum atomic E-state index is -2.80. The molecule has 1 aliphatic rings. The standard InChI is InChI=1S/C12H15F2NO2/c13-12(14)17-9-6-4-8(5-7-9)15-10-2-1-3-11(10)16/h4-7,10-12,15-16H,1-3H2/t10-,11-/m0/s1. The van der Waals surface area contributed by atoms with Crippen molar-refractivity contribution in [2.75, 3.05) is 5.32 Å². The molecule has 2 atom stereocenters. The second kappa shape index (κ2) is 5.31. The molecular formula is C12H15F2NO2. The van der Waals surface area contributed by atoms with Gasteiger partial charge in [0.25, 0.3) is 0 Å². The zero-order valence-corrected chi connectivity index (χ0v) is 9.27. The van der Waals surface area contributed by atoms with Gasteiger partial charge in [0.15, 0.2) is 0 Å². The van der Waals surface area contributed by atoms with Crippen LogP contribution in [-0.4, -0.2) is 23.9 Å². The quantitative estimate of drug-likeness (QED) is 0.854. The van der Waals surface area contributed by atoms with Crippen molar-refractivity contribution in [1.29, 1.82) is 0 Å². The van der Waals surface area contributed by atoms with E-state index in [0.717, 1.165) is 24.9 Å². The van der Waals surface area contributed by atoms with E-state index in [1.807, 2.05) is 0 Å². The lowest BCUT2D eigenvalue weighted by atomic mass is 10.2. The number of benzene rings is 1. The van der Waals surface area contributed by atoms with Crippen LogP contribution < -0.4 is 10.1 Å². The Morgan fingerprint density at radius 1 is 1.24 bits per heavy atom. The lowest BCUT2D eigenvalue weighted by Crippen LogP contribution is -2.27. The van der Waals surface area contributed by atoms with Crippen LogP contribution >= 0.6 is 0 Å². The summed E-state index contributed by atoms with van der Waals surface area (Å²) in [6.45, 7) is -2.80. The van der Waals surface area contributed by atoms with Crippen LogP contribution in [0.5, 0.6) is 5.75 Å².